The van der Waals surface area contributed by atoms with Gasteiger partial charge in [-0.2, -0.15) is 0 Å². The average molecular weight is 421 g/mol. The number of aromatic nitrogens is 1. The Morgan fingerprint density at radius 1 is 1.13 bits per heavy atom. The first-order chi connectivity index (χ1) is 14.9. The van der Waals surface area contributed by atoms with Crippen molar-refractivity contribution in [2.45, 2.75) is 13.0 Å². The van der Waals surface area contributed by atoms with Crippen molar-refractivity contribution >= 4 is 11.8 Å². The molecule has 0 aliphatic carbocycles. The van der Waals surface area contributed by atoms with Crippen LogP contribution in [-0.4, -0.2) is 34.9 Å². The smallest absolute Gasteiger partial charge is 0.268 e. The third-order valence-corrected chi connectivity index (χ3v) is 5.36. The molecule has 2 amide bonds. The third kappa shape index (κ3) is 3.79. The number of carbonyl (C=O) groups is 2. The zero-order valence-corrected chi connectivity index (χ0v) is 16.8. The fourth-order valence-corrected chi connectivity index (χ4v) is 3.82. The molecule has 0 radical (unpaired) electrons. The van der Waals surface area contributed by atoms with Gasteiger partial charge in [0.05, 0.1) is 7.11 Å². The number of carbonyl (C=O) groups excluding carboxylic acids is 2. The molecule has 7 nitrogen and oxygen atoms in total. The van der Waals surface area contributed by atoms with Crippen LogP contribution < -0.4 is 16.0 Å². The number of nitrogens with zero attached hydrogens (tertiary/aromatic N) is 2. The van der Waals surface area contributed by atoms with E-state index in [1.807, 2.05) is 0 Å². The van der Waals surface area contributed by atoms with Crippen LogP contribution in [0.1, 0.15) is 31.8 Å². The maximum atomic E-state index is 13.3. The summed E-state index contributed by atoms with van der Waals surface area (Å²) in [6.07, 6.45) is 1.91. The van der Waals surface area contributed by atoms with Gasteiger partial charge in [-0.05, 0) is 60.0 Å². The summed E-state index contributed by atoms with van der Waals surface area (Å²) in [5.41, 5.74) is 6.91. The lowest BCUT2D eigenvalue weighted by molar-refractivity contribution is 0.0733. The molecule has 0 unspecified atom stereocenters. The molecule has 8 heteroatoms. The minimum Gasteiger partial charge on any atom is -0.497 e. The van der Waals surface area contributed by atoms with Crippen LogP contribution >= 0.6 is 0 Å². The van der Waals surface area contributed by atoms with Crippen molar-refractivity contribution in [2.75, 3.05) is 13.7 Å². The number of hydrogen-bond donors (Lipinski definition) is 1. The minimum absolute atomic E-state index is 0.102. The van der Waals surface area contributed by atoms with Crippen molar-refractivity contribution in [3.63, 3.8) is 0 Å². The van der Waals surface area contributed by atoms with Crippen LogP contribution in [0.5, 0.6) is 5.75 Å². The lowest BCUT2D eigenvalue weighted by Gasteiger charge is -2.30. The predicted molar refractivity (Wildman–Crippen MR) is 112 cm³/mol. The summed E-state index contributed by atoms with van der Waals surface area (Å²) >= 11 is 0. The Morgan fingerprint density at radius 2 is 1.87 bits per heavy atom. The summed E-state index contributed by atoms with van der Waals surface area (Å²) in [6.45, 7) is 0.538. The number of nitrogens with two attached hydrogens (primary N) is 1. The minimum atomic E-state index is -0.828. The van der Waals surface area contributed by atoms with Gasteiger partial charge in [0.2, 0.25) is 0 Å². The summed E-state index contributed by atoms with van der Waals surface area (Å²) in [7, 11) is 1.53. The molecule has 4 rings (SSSR count). The maximum Gasteiger partial charge on any atom is 0.268 e. The second-order valence-electron chi connectivity index (χ2n) is 7.23. The number of ether oxygens (including phenoxy) is 1. The molecule has 1 aliphatic rings. The van der Waals surface area contributed by atoms with Crippen LogP contribution in [0.15, 0.2) is 59.5 Å². The first-order valence-electron chi connectivity index (χ1n) is 9.65. The van der Waals surface area contributed by atoms with Crippen LogP contribution in [0, 0.1) is 5.82 Å². The Hall–Kier alpha value is -3.94. The lowest BCUT2D eigenvalue weighted by Crippen LogP contribution is -2.40. The lowest BCUT2D eigenvalue weighted by atomic mass is 9.95. The molecule has 1 aliphatic heterocycles. The highest BCUT2D eigenvalue weighted by molar-refractivity contribution is 5.96. The van der Waals surface area contributed by atoms with E-state index in [1.165, 1.54) is 35.9 Å². The van der Waals surface area contributed by atoms with Crippen LogP contribution in [0.25, 0.3) is 5.69 Å². The zero-order valence-electron chi connectivity index (χ0n) is 16.8. The molecule has 0 bridgehead atoms. The Labute approximate surface area is 177 Å². The van der Waals surface area contributed by atoms with E-state index in [2.05, 4.69) is 0 Å². The highest BCUT2D eigenvalue weighted by atomic mass is 19.1. The van der Waals surface area contributed by atoms with Gasteiger partial charge in [-0.25, -0.2) is 4.39 Å². The molecule has 0 atom stereocenters. The molecular weight excluding hydrogens is 401 g/mol. The Balaban J connectivity index is 1.75. The third-order valence-electron chi connectivity index (χ3n) is 5.36. The number of primary amides is 1. The number of fused-ring (bicyclic) bond motifs is 1. The molecule has 0 spiro atoms. The number of halogens is 1. The van der Waals surface area contributed by atoms with E-state index in [0.717, 1.165) is 0 Å². The van der Waals surface area contributed by atoms with Gasteiger partial charge in [-0.15, -0.1) is 0 Å². The zero-order chi connectivity index (χ0) is 22.1. The van der Waals surface area contributed by atoms with E-state index in [0.29, 0.717) is 41.1 Å². The van der Waals surface area contributed by atoms with Gasteiger partial charge in [0.15, 0.2) is 0 Å². The summed E-state index contributed by atoms with van der Waals surface area (Å²) < 4.78 is 19.8. The summed E-state index contributed by atoms with van der Waals surface area (Å²) in [5, 5.41) is 0. The fourth-order valence-electron chi connectivity index (χ4n) is 3.82. The van der Waals surface area contributed by atoms with Crippen molar-refractivity contribution in [3.8, 4) is 11.4 Å². The molecule has 3 aromatic rings. The molecule has 1 aromatic heterocycles. The predicted octanol–water partition coefficient (Wildman–Crippen LogP) is 2.28. The fraction of sp³-hybridized carbons (Fsp3) is 0.174. The number of amides is 2. The van der Waals surface area contributed by atoms with Crippen LogP contribution in [0.2, 0.25) is 0 Å². The molecule has 0 saturated carbocycles. The molecule has 2 heterocycles. The molecule has 0 fully saturated rings. The quantitative estimate of drug-likeness (QED) is 0.699. The molecule has 158 valence electrons. The van der Waals surface area contributed by atoms with Gasteiger partial charge >= 0.3 is 0 Å². The van der Waals surface area contributed by atoms with E-state index in [9.17, 15) is 18.8 Å². The van der Waals surface area contributed by atoms with E-state index in [4.69, 9.17) is 10.5 Å². The topological polar surface area (TPSA) is 94.6 Å². The molecule has 2 N–H and O–H groups in total. The van der Waals surface area contributed by atoms with Crippen molar-refractivity contribution < 1.29 is 18.7 Å². The van der Waals surface area contributed by atoms with Crippen molar-refractivity contribution in [1.29, 1.82) is 0 Å². The standard InChI is InChI=1S/C23H20FN3O4/c1-31-18-4-2-3-14(11-18)22(29)26-10-9-19-15(12-26)13-27(23(30)20(19)21(25)28)17-7-5-16(24)6-8-17/h2-8,11,13H,9-10,12H2,1H3,(H2,25,28). The first kappa shape index (κ1) is 20.3. The van der Waals surface area contributed by atoms with E-state index in [-0.39, 0.29) is 18.0 Å². The average Bonchev–Trinajstić information content (AvgIpc) is 2.78. The maximum absolute atomic E-state index is 13.3. The number of rotatable bonds is 4. The summed E-state index contributed by atoms with van der Waals surface area (Å²) in [5.74, 6) is -0.889. The van der Waals surface area contributed by atoms with Gasteiger partial charge < -0.3 is 15.4 Å². The van der Waals surface area contributed by atoms with E-state index in [1.54, 1.807) is 35.4 Å². The van der Waals surface area contributed by atoms with Crippen LogP contribution in [0.3, 0.4) is 0 Å². The molecule has 2 aromatic carbocycles. The van der Waals surface area contributed by atoms with Gasteiger partial charge in [0.25, 0.3) is 17.4 Å². The van der Waals surface area contributed by atoms with Gasteiger partial charge in [-0.3, -0.25) is 19.0 Å². The highest BCUT2D eigenvalue weighted by Gasteiger charge is 2.28. The number of methoxy groups -OCH3 is 1. The molecular formula is C23H20FN3O4. The number of benzene rings is 2. The Kier molecular flexibility index (Phi) is 5.29. The first-order valence-corrected chi connectivity index (χ1v) is 9.65. The normalized spacial score (nSPS) is 12.9. The largest absolute Gasteiger partial charge is 0.497 e. The number of hydrogen-bond acceptors (Lipinski definition) is 4. The Morgan fingerprint density at radius 3 is 2.55 bits per heavy atom. The van der Waals surface area contributed by atoms with Crippen molar-refractivity contribution in [1.82, 2.24) is 9.47 Å². The highest BCUT2D eigenvalue weighted by Crippen LogP contribution is 2.24. The summed E-state index contributed by atoms with van der Waals surface area (Å²) in [4.78, 5) is 39.7. The van der Waals surface area contributed by atoms with Crippen molar-refractivity contribution in [2.24, 2.45) is 5.73 Å². The van der Waals surface area contributed by atoms with Crippen LogP contribution in [0.4, 0.5) is 4.39 Å². The Bertz CT molecular complexity index is 1230. The monoisotopic (exact) mass is 421 g/mol. The molecule has 0 saturated heterocycles. The van der Waals surface area contributed by atoms with Gasteiger partial charge in [0, 0.05) is 30.5 Å². The van der Waals surface area contributed by atoms with E-state index < -0.39 is 17.3 Å². The summed E-state index contributed by atoms with van der Waals surface area (Å²) in [6, 6.07) is 12.2. The second kappa shape index (κ2) is 8.06. The van der Waals surface area contributed by atoms with Crippen LogP contribution in [-0.2, 0) is 13.0 Å². The van der Waals surface area contributed by atoms with Gasteiger partial charge in [0.1, 0.15) is 17.1 Å². The SMILES string of the molecule is COc1cccc(C(=O)N2CCc3c(cn(-c4ccc(F)cc4)c(=O)c3C(N)=O)C2)c1. The van der Waals surface area contributed by atoms with E-state index >= 15 is 0 Å². The van der Waals surface area contributed by atoms with Crippen molar-refractivity contribution in [3.05, 3.63) is 93.2 Å². The second-order valence-corrected chi connectivity index (χ2v) is 7.23. The number of pyridine rings is 1. The molecule has 31 heavy (non-hydrogen) atoms. The van der Waals surface area contributed by atoms with Gasteiger partial charge in [-0.1, -0.05) is 6.07 Å².